The van der Waals surface area contributed by atoms with Crippen LogP contribution in [-0.2, 0) is 0 Å². The van der Waals surface area contributed by atoms with Crippen LogP contribution in [0.25, 0.3) is 0 Å². The molecule has 0 aliphatic heterocycles. The molecule has 1 aromatic heterocycles. The van der Waals surface area contributed by atoms with Gasteiger partial charge in [0.2, 0.25) is 0 Å². The van der Waals surface area contributed by atoms with Gasteiger partial charge in [-0.1, -0.05) is 18.7 Å². The number of nitrogens with one attached hydrogen (secondary N) is 1. The van der Waals surface area contributed by atoms with Crippen molar-refractivity contribution in [2.75, 3.05) is 12.3 Å². The normalized spacial score (nSPS) is 9.38. The summed E-state index contributed by atoms with van der Waals surface area (Å²) in [5.41, 5.74) is 0. The molecule has 1 amide bonds. The fourth-order valence-corrected chi connectivity index (χ4v) is 2.80. The van der Waals surface area contributed by atoms with E-state index in [0.717, 1.165) is 10.1 Å². The van der Waals surface area contributed by atoms with Crippen LogP contribution in [0.5, 0.6) is 0 Å². The van der Waals surface area contributed by atoms with Crippen LogP contribution in [-0.4, -0.2) is 23.2 Å². The molecule has 0 atom stereocenters. The summed E-state index contributed by atoms with van der Waals surface area (Å²) in [6.45, 7) is 4.45. The zero-order valence-electron chi connectivity index (χ0n) is 9.37. The highest BCUT2D eigenvalue weighted by Gasteiger charge is 2.09. The third-order valence-corrected chi connectivity index (χ3v) is 3.72. The van der Waals surface area contributed by atoms with Crippen molar-refractivity contribution in [1.29, 1.82) is 0 Å². The lowest BCUT2D eigenvalue weighted by molar-refractivity contribution is 0.0958. The predicted molar refractivity (Wildman–Crippen MR) is 68.9 cm³/mol. The monoisotopic (exact) mass is 254 g/mol. The average molecular weight is 254 g/mol. The quantitative estimate of drug-likeness (QED) is 0.498. The van der Waals surface area contributed by atoms with Gasteiger partial charge in [-0.05, 0) is 12.7 Å². The van der Waals surface area contributed by atoms with Gasteiger partial charge in [0.15, 0.2) is 4.34 Å². The zero-order chi connectivity index (χ0) is 11.8. The summed E-state index contributed by atoms with van der Waals surface area (Å²) >= 11 is 3.08. The summed E-state index contributed by atoms with van der Waals surface area (Å²) in [6.07, 6.45) is 2.32. The van der Waals surface area contributed by atoms with E-state index in [0.29, 0.717) is 17.8 Å². The molecule has 0 fully saturated rings. The van der Waals surface area contributed by atoms with Crippen molar-refractivity contribution >= 4 is 29.0 Å². The number of nitrogens with zero attached hydrogens (tertiary/aromatic N) is 1. The Balaban J connectivity index is 2.42. The topological polar surface area (TPSA) is 42.0 Å². The molecule has 0 aliphatic rings. The molecule has 0 aliphatic carbocycles. The van der Waals surface area contributed by atoms with Gasteiger partial charge in [0.25, 0.3) is 5.91 Å². The van der Waals surface area contributed by atoms with Crippen LogP contribution in [0.1, 0.15) is 29.9 Å². The third-order valence-electron chi connectivity index (χ3n) is 1.69. The number of rotatable bonds is 5. The standard InChI is InChI=1S/C11H14N2OS2/c1-3-5-6-7-12-10(14)9-8-13-11(16-9)15-4-2/h8H,4,6-7H2,1-2H3,(H,12,14). The van der Waals surface area contributed by atoms with Gasteiger partial charge in [-0.25, -0.2) is 4.98 Å². The fourth-order valence-electron chi connectivity index (χ4n) is 1.00. The van der Waals surface area contributed by atoms with Gasteiger partial charge < -0.3 is 5.32 Å². The van der Waals surface area contributed by atoms with Gasteiger partial charge in [0.1, 0.15) is 4.88 Å². The maximum absolute atomic E-state index is 11.6. The maximum atomic E-state index is 11.6. The Kier molecular flexibility index (Phi) is 5.98. The van der Waals surface area contributed by atoms with Crippen molar-refractivity contribution in [2.24, 2.45) is 0 Å². The van der Waals surface area contributed by atoms with E-state index in [2.05, 4.69) is 29.1 Å². The molecular formula is C11H14N2OS2. The molecule has 1 aromatic rings. The Bertz CT molecular complexity index is 404. The highest BCUT2D eigenvalue weighted by atomic mass is 32.2. The first kappa shape index (κ1) is 13.1. The lowest BCUT2D eigenvalue weighted by Gasteiger charge is -1.98. The molecular weight excluding hydrogens is 240 g/mol. The molecule has 1 N–H and O–H groups in total. The third kappa shape index (κ3) is 4.25. The van der Waals surface area contributed by atoms with Crippen molar-refractivity contribution < 1.29 is 4.79 Å². The molecule has 1 heterocycles. The van der Waals surface area contributed by atoms with Gasteiger partial charge >= 0.3 is 0 Å². The first-order valence-electron chi connectivity index (χ1n) is 5.04. The zero-order valence-corrected chi connectivity index (χ0v) is 11.0. The van der Waals surface area contributed by atoms with E-state index in [1.54, 1.807) is 24.9 Å². The Morgan fingerprint density at radius 3 is 3.19 bits per heavy atom. The van der Waals surface area contributed by atoms with Crippen LogP contribution in [0.2, 0.25) is 0 Å². The molecule has 5 heteroatoms. The number of hydrogen-bond acceptors (Lipinski definition) is 4. The molecule has 0 unspecified atom stereocenters. The number of carbonyl (C=O) groups excluding carboxylic acids is 1. The second kappa shape index (κ2) is 7.31. The van der Waals surface area contributed by atoms with E-state index in [1.807, 2.05) is 0 Å². The number of thioether (sulfide) groups is 1. The Labute approximate surface area is 104 Å². The second-order valence-corrected chi connectivity index (χ2v) is 5.40. The number of aromatic nitrogens is 1. The molecule has 86 valence electrons. The lowest BCUT2D eigenvalue weighted by atomic mass is 10.4. The highest BCUT2D eigenvalue weighted by Crippen LogP contribution is 2.23. The maximum Gasteiger partial charge on any atom is 0.263 e. The Morgan fingerprint density at radius 2 is 2.50 bits per heavy atom. The van der Waals surface area contributed by atoms with Crippen molar-refractivity contribution in [2.45, 2.75) is 24.6 Å². The van der Waals surface area contributed by atoms with Crippen LogP contribution in [0, 0.1) is 11.8 Å². The first-order valence-corrected chi connectivity index (χ1v) is 6.84. The largest absolute Gasteiger partial charge is 0.350 e. The molecule has 1 rings (SSSR count). The first-order chi connectivity index (χ1) is 7.77. The van der Waals surface area contributed by atoms with Crippen LogP contribution in [0.3, 0.4) is 0 Å². The SMILES string of the molecule is CC#CCCNC(=O)c1cnc(SCC)s1. The summed E-state index contributed by atoms with van der Waals surface area (Å²) in [5, 5.41) is 2.81. The highest BCUT2D eigenvalue weighted by molar-refractivity contribution is 8.01. The van der Waals surface area contributed by atoms with Gasteiger partial charge in [-0.2, -0.15) is 0 Å². The fraction of sp³-hybridized carbons (Fsp3) is 0.455. The number of thiazole rings is 1. The van der Waals surface area contributed by atoms with Crippen molar-refractivity contribution in [1.82, 2.24) is 10.3 Å². The van der Waals surface area contributed by atoms with Crippen molar-refractivity contribution in [3.05, 3.63) is 11.1 Å². The summed E-state index contributed by atoms with van der Waals surface area (Å²) in [6, 6.07) is 0. The van der Waals surface area contributed by atoms with Gasteiger partial charge in [-0.3, -0.25) is 4.79 Å². The van der Waals surface area contributed by atoms with E-state index in [-0.39, 0.29) is 5.91 Å². The van der Waals surface area contributed by atoms with E-state index in [1.165, 1.54) is 11.3 Å². The minimum atomic E-state index is -0.0571. The molecule has 3 nitrogen and oxygen atoms in total. The molecule has 0 bridgehead atoms. The molecule has 0 spiro atoms. The van der Waals surface area contributed by atoms with E-state index in [4.69, 9.17) is 0 Å². The van der Waals surface area contributed by atoms with Crippen LogP contribution in [0.4, 0.5) is 0 Å². The van der Waals surface area contributed by atoms with Gasteiger partial charge in [-0.15, -0.1) is 23.2 Å². The van der Waals surface area contributed by atoms with Crippen LogP contribution in [0.15, 0.2) is 10.5 Å². The molecule has 0 saturated carbocycles. The number of amides is 1. The molecule has 0 radical (unpaired) electrons. The van der Waals surface area contributed by atoms with Crippen LogP contribution >= 0.6 is 23.1 Å². The van der Waals surface area contributed by atoms with Crippen LogP contribution < -0.4 is 5.32 Å². The second-order valence-electron chi connectivity index (χ2n) is 2.86. The van der Waals surface area contributed by atoms with Crippen molar-refractivity contribution in [3.63, 3.8) is 0 Å². The Morgan fingerprint density at radius 1 is 1.69 bits per heavy atom. The smallest absolute Gasteiger partial charge is 0.263 e. The van der Waals surface area contributed by atoms with E-state index in [9.17, 15) is 4.79 Å². The van der Waals surface area contributed by atoms with Crippen molar-refractivity contribution in [3.8, 4) is 11.8 Å². The van der Waals surface area contributed by atoms with Gasteiger partial charge in [0, 0.05) is 13.0 Å². The average Bonchev–Trinajstić information content (AvgIpc) is 2.73. The summed E-state index contributed by atoms with van der Waals surface area (Å²) in [7, 11) is 0. The summed E-state index contributed by atoms with van der Waals surface area (Å²) in [5.74, 6) is 6.60. The van der Waals surface area contributed by atoms with E-state index < -0.39 is 0 Å². The predicted octanol–water partition coefficient (Wildman–Crippen LogP) is 2.40. The number of hydrogen-bond donors (Lipinski definition) is 1. The lowest BCUT2D eigenvalue weighted by Crippen LogP contribution is -2.23. The summed E-state index contributed by atoms with van der Waals surface area (Å²) in [4.78, 5) is 16.5. The molecule has 0 saturated heterocycles. The minimum absolute atomic E-state index is 0.0571. The molecule has 0 aromatic carbocycles. The summed E-state index contributed by atoms with van der Waals surface area (Å²) < 4.78 is 0.945. The van der Waals surface area contributed by atoms with E-state index >= 15 is 0 Å². The molecule has 16 heavy (non-hydrogen) atoms. The van der Waals surface area contributed by atoms with Gasteiger partial charge in [0.05, 0.1) is 6.20 Å². The Hall–Kier alpha value is -0.990. The number of carbonyl (C=O) groups is 1. The minimum Gasteiger partial charge on any atom is -0.350 e.